The van der Waals surface area contributed by atoms with Crippen molar-refractivity contribution < 1.29 is 14.3 Å². The molecule has 1 rings (SSSR count). The fraction of sp³-hybridized carbons (Fsp3) is 0.429. The van der Waals surface area contributed by atoms with Gasteiger partial charge in [-0.15, -0.1) is 0 Å². The molecule has 0 aromatic heterocycles. The SMILES string of the molecule is CC(C)OCCOCC(=O)Nc1cccc(C(N)=S)c1. The predicted molar refractivity (Wildman–Crippen MR) is 82.9 cm³/mol. The Kier molecular flexibility index (Phi) is 7.14. The zero-order chi connectivity index (χ0) is 15.0. The molecule has 0 aliphatic heterocycles. The van der Waals surface area contributed by atoms with Gasteiger partial charge in [0.15, 0.2) is 0 Å². The molecule has 0 spiro atoms. The number of hydrogen-bond donors (Lipinski definition) is 2. The van der Waals surface area contributed by atoms with Crippen LogP contribution in [0.3, 0.4) is 0 Å². The number of hydrogen-bond acceptors (Lipinski definition) is 4. The van der Waals surface area contributed by atoms with Crippen molar-refractivity contribution in [3.63, 3.8) is 0 Å². The van der Waals surface area contributed by atoms with Crippen LogP contribution in [0.15, 0.2) is 24.3 Å². The second kappa shape index (κ2) is 8.63. The molecule has 0 aliphatic carbocycles. The van der Waals surface area contributed by atoms with Crippen molar-refractivity contribution >= 4 is 28.8 Å². The summed E-state index contributed by atoms with van der Waals surface area (Å²) in [5.41, 5.74) is 6.88. The lowest BCUT2D eigenvalue weighted by molar-refractivity contribution is -0.121. The van der Waals surface area contributed by atoms with Gasteiger partial charge in [0, 0.05) is 11.3 Å². The first-order valence-corrected chi connectivity index (χ1v) is 6.79. The van der Waals surface area contributed by atoms with E-state index in [0.717, 1.165) is 0 Å². The highest BCUT2D eigenvalue weighted by Crippen LogP contribution is 2.10. The molecule has 0 saturated carbocycles. The van der Waals surface area contributed by atoms with E-state index < -0.39 is 0 Å². The van der Waals surface area contributed by atoms with E-state index in [2.05, 4.69) is 5.32 Å². The van der Waals surface area contributed by atoms with E-state index in [1.54, 1.807) is 24.3 Å². The molecule has 1 aromatic rings. The van der Waals surface area contributed by atoms with Crippen LogP contribution in [-0.2, 0) is 14.3 Å². The summed E-state index contributed by atoms with van der Waals surface area (Å²) in [5.74, 6) is -0.227. The lowest BCUT2D eigenvalue weighted by Gasteiger charge is -2.09. The Hall–Kier alpha value is -1.50. The first kappa shape index (κ1) is 16.6. The number of benzene rings is 1. The van der Waals surface area contributed by atoms with E-state index in [1.807, 2.05) is 13.8 Å². The number of thiocarbonyl (C=S) groups is 1. The molecule has 0 heterocycles. The lowest BCUT2D eigenvalue weighted by atomic mass is 10.2. The van der Waals surface area contributed by atoms with Crippen LogP contribution in [0.2, 0.25) is 0 Å². The Morgan fingerprint density at radius 1 is 1.40 bits per heavy atom. The van der Waals surface area contributed by atoms with E-state index in [9.17, 15) is 4.79 Å². The van der Waals surface area contributed by atoms with Crippen molar-refractivity contribution in [3.05, 3.63) is 29.8 Å². The molecule has 0 atom stereocenters. The molecule has 0 radical (unpaired) electrons. The van der Waals surface area contributed by atoms with E-state index in [-0.39, 0.29) is 18.6 Å². The van der Waals surface area contributed by atoms with Crippen molar-refractivity contribution in [1.29, 1.82) is 0 Å². The average Bonchev–Trinajstić information content (AvgIpc) is 2.38. The third kappa shape index (κ3) is 6.60. The van der Waals surface area contributed by atoms with Gasteiger partial charge in [0.2, 0.25) is 5.91 Å². The second-order valence-corrected chi connectivity index (χ2v) is 4.91. The standard InChI is InChI=1S/C14H20N2O3S/c1-10(2)19-7-6-18-9-13(17)16-12-5-3-4-11(8-12)14(15)20/h3-5,8,10H,6-7,9H2,1-2H3,(H2,15,20)(H,16,17). The normalized spacial score (nSPS) is 10.6. The number of nitrogens with one attached hydrogen (secondary N) is 1. The molecule has 3 N–H and O–H groups in total. The molecule has 0 saturated heterocycles. The van der Waals surface area contributed by atoms with Crippen LogP contribution in [-0.4, -0.2) is 36.8 Å². The fourth-order valence-electron chi connectivity index (χ4n) is 1.45. The lowest BCUT2D eigenvalue weighted by Crippen LogP contribution is -2.20. The molecule has 20 heavy (non-hydrogen) atoms. The maximum absolute atomic E-state index is 11.6. The number of ether oxygens (including phenoxy) is 2. The molecule has 1 aromatic carbocycles. The van der Waals surface area contributed by atoms with Crippen LogP contribution in [0.25, 0.3) is 0 Å². The highest BCUT2D eigenvalue weighted by Gasteiger charge is 2.04. The molecule has 6 heteroatoms. The van der Waals surface area contributed by atoms with Gasteiger partial charge in [-0.1, -0.05) is 24.4 Å². The van der Waals surface area contributed by atoms with Crippen molar-refractivity contribution in [3.8, 4) is 0 Å². The summed E-state index contributed by atoms with van der Waals surface area (Å²) in [6.07, 6.45) is 0.162. The average molecular weight is 296 g/mol. The number of amides is 1. The Labute approximate surface area is 124 Å². The first-order valence-electron chi connectivity index (χ1n) is 6.38. The van der Waals surface area contributed by atoms with Crippen molar-refractivity contribution in [2.45, 2.75) is 20.0 Å². The molecular formula is C14H20N2O3S. The topological polar surface area (TPSA) is 73.6 Å². The van der Waals surface area contributed by atoms with Crippen LogP contribution >= 0.6 is 12.2 Å². The van der Waals surface area contributed by atoms with Crippen LogP contribution in [0, 0.1) is 0 Å². The highest BCUT2D eigenvalue weighted by atomic mass is 32.1. The summed E-state index contributed by atoms with van der Waals surface area (Å²) in [5, 5.41) is 2.72. The van der Waals surface area contributed by atoms with Crippen LogP contribution in [0.5, 0.6) is 0 Å². The Morgan fingerprint density at radius 3 is 2.80 bits per heavy atom. The number of nitrogens with two attached hydrogens (primary N) is 1. The van der Waals surface area contributed by atoms with Gasteiger partial charge in [0.1, 0.15) is 11.6 Å². The molecule has 0 fully saturated rings. The highest BCUT2D eigenvalue weighted by molar-refractivity contribution is 7.80. The van der Waals surface area contributed by atoms with Gasteiger partial charge in [-0.2, -0.15) is 0 Å². The molecule has 0 bridgehead atoms. The third-order valence-electron chi connectivity index (χ3n) is 2.34. The smallest absolute Gasteiger partial charge is 0.250 e. The zero-order valence-corrected chi connectivity index (χ0v) is 12.5. The number of carbonyl (C=O) groups excluding carboxylic acids is 1. The van der Waals surface area contributed by atoms with Crippen molar-refractivity contribution in [2.24, 2.45) is 5.73 Å². The maximum Gasteiger partial charge on any atom is 0.250 e. The Balaban J connectivity index is 2.32. The molecule has 110 valence electrons. The van der Waals surface area contributed by atoms with Crippen LogP contribution in [0.1, 0.15) is 19.4 Å². The van der Waals surface area contributed by atoms with Gasteiger partial charge in [-0.25, -0.2) is 0 Å². The van der Waals surface area contributed by atoms with Crippen molar-refractivity contribution in [2.75, 3.05) is 25.1 Å². The van der Waals surface area contributed by atoms with E-state index >= 15 is 0 Å². The molecule has 5 nitrogen and oxygen atoms in total. The summed E-state index contributed by atoms with van der Waals surface area (Å²) in [6, 6.07) is 7.06. The third-order valence-corrected chi connectivity index (χ3v) is 2.58. The van der Waals surface area contributed by atoms with Gasteiger partial charge in [0.25, 0.3) is 0 Å². The quantitative estimate of drug-likeness (QED) is 0.564. The maximum atomic E-state index is 11.6. The zero-order valence-electron chi connectivity index (χ0n) is 11.7. The summed E-state index contributed by atoms with van der Waals surface area (Å²) >= 11 is 4.88. The monoisotopic (exact) mass is 296 g/mol. The Bertz CT molecular complexity index is 463. The number of anilines is 1. The summed E-state index contributed by atoms with van der Waals surface area (Å²) in [7, 11) is 0. The summed E-state index contributed by atoms with van der Waals surface area (Å²) in [4.78, 5) is 11.9. The van der Waals surface area contributed by atoms with E-state index in [4.69, 9.17) is 27.4 Å². The van der Waals surface area contributed by atoms with Gasteiger partial charge >= 0.3 is 0 Å². The minimum Gasteiger partial charge on any atom is -0.389 e. The van der Waals surface area contributed by atoms with Gasteiger partial charge in [0.05, 0.1) is 19.3 Å². The second-order valence-electron chi connectivity index (χ2n) is 4.47. The van der Waals surface area contributed by atoms with Gasteiger partial charge < -0.3 is 20.5 Å². The summed E-state index contributed by atoms with van der Waals surface area (Å²) in [6.45, 7) is 4.74. The van der Waals surface area contributed by atoms with E-state index in [0.29, 0.717) is 29.5 Å². The van der Waals surface area contributed by atoms with E-state index in [1.165, 1.54) is 0 Å². The number of rotatable bonds is 8. The largest absolute Gasteiger partial charge is 0.389 e. The first-order chi connectivity index (χ1) is 9.49. The fourth-order valence-corrected chi connectivity index (χ4v) is 1.58. The van der Waals surface area contributed by atoms with Crippen molar-refractivity contribution in [1.82, 2.24) is 0 Å². The molecule has 1 amide bonds. The van der Waals surface area contributed by atoms with Crippen LogP contribution in [0.4, 0.5) is 5.69 Å². The Morgan fingerprint density at radius 2 is 2.15 bits per heavy atom. The van der Waals surface area contributed by atoms with Gasteiger partial charge in [-0.05, 0) is 26.0 Å². The minimum absolute atomic E-state index is 0.0151. The molecular weight excluding hydrogens is 276 g/mol. The van der Waals surface area contributed by atoms with Crippen LogP contribution < -0.4 is 11.1 Å². The number of carbonyl (C=O) groups is 1. The molecule has 0 aliphatic rings. The minimum atomic E-state index is -0.227. The predicted octanol–water partition coefficient (Wildman–Crippen LogP) is 1.70. The molecule has 0 unspecified atom stereocenters. The van der Waals surface area contributed by atoms with Gasteiger partial charge in [-0.3, -0.25) is 4.79 Å². The summed E-state index contributed by atoms with van der Waals surface area (Å²) < 4.78 is 10.5.